The maximum absolute atomic E-state index is 12.1. The van der Waals surface area contributed by atoms with Gasteiger partial charge < -0.3 is 0 Å². The van der Waals surface area contributed by atoms with Crippen molar-refractivity contribution in [2.75, 3.05) is 0 Å². The van der Waals surface area contributed by atoms with Crippen LogP contribution in [0.4, 0.5) is 5.69 Å². The highest BCUT2D eigenvalue weighted by molar-refractivity contribution is 6.21. The first-order chi connectivity index (χ1) is 8.61. The second-order valence-corrected chi connectivity index (χ2v) is 3.71. The number of hydrogen-bond acceptors (Lipinski definition) is 5. The van der Waals surface area contributed by atoms with Crippen LogP contribution in [0.15, 0.2) is 30.6 Å². The van der Waals surface area contributed by atoms with Gasteiger partial charge in [-0.2, -0.15) is 0 Å². The van der Waals surface area contributed by atoms with Gasteiger partial charge >= 0.3 is 0 Å². The van der Waals surface area contributed by atoms with Crippen molar-refractivity contribution in [2.24, 2.45) is 0 Å². The number of nitrogens with zero attached hydrogens (tertiary/aromatic N) is 3. The van der Waals surface area contributed by atoms with Gasteiger partial charge in [-0.05, 0) is 6.07 Å². The first-order valence-electron chi connectivity index (χ1n) is 5.01. The molecule has 1 aliphatic rings. The molecule has 0 atom stereocenters. The number of rotatable bonds is 1. The molecular weight excluding hydrogens is 238 g/mol. The number of fused-ring (bicyclic) bond motifs is 2. The summed E-state index contributed by atoms with van der Waals surface area (Å²) in [6.45, 7) is 0. The molecule has 0 unspecified atom stereocenters. The van der Waals surface area contributed by atoms with Crippen molar-refractivity contribution in [3.63, 3.8) is 0 Å². The zero-order valence-electron chi connectivity index (χ0n) is 8.86. The van der Waals surface area contributed by atoms with E-state index < -0.39 is 16.6 Å². The SMILES string of the molecule is O=C1c2cccc([N+](=O)[O-])c2C(=O)n2ccnc21. The Morgan fingerprint density at radius 2 is 2.06 bits per heavy atom. The summed E-state index contributed by atoms with van der Waals surface area (Å²) in [5, 5.41) is 10.9. The van der Waals surface area contributed by atoms with Gasteiger partial charge in [-0.15, -0.1) is 0 Å². The van der Waals surface area contributed by atoms with E-state index in [0.717, 1.165) is 4.57 Å². The number of aromatic nitrogens is 2. The van der Waals surface area contributed by atoms with Crippen molar-refractivity contribution < 1.29 is 14.5 Å². The molecule has 7 heteroatoms. The molecule has 0 N–H and O–H groups in total. The number of hydrogen-bond donors (Lipinski definition) is 0. The van der Waals surface area contributed by atoms with E-state index in [1.807, 2.05) is 0 Å². The summed E-state index contributed by atoms with van der Waals surface area (Å²) in [4.78, 5) is 38.1. The fraction of sp³-hybridized carbons (Fsp3) is 0. The van der Waals surface area contributed by atoms with E-state index in [9.17, 15) is 19.7 Å². The summed E-state index contributed by atoms with van der Waals surface area (Å²) in [5.41, 5.74) is -0.531. The lowest BCUT2D eigenvalue weighted by molar-refractivity contribution is -0.385. The van der Waals surface area contributed by atoms with Crippen LogP contribution in [0.25, 0.3) is 0 Å². The fourth-order valence-corrected chi connectivity index (χ4v) is 1.98. The molecule has 0 bridgehead atoms. The highest BCUT2D eigenvalue weighted by Crippen LogP contribution is 2.28. The Bertz CT molecular complexity index is 717. The number of carbonyl (C=O) groups excluding carboxylic acids is 2. The van der Waals surface area contributed by atoms with Crippen molar-refractivity contribution in [1.82, 2.24) is 9.55 Å². The third kappa shape index (κ3) is 1.15. The molecule has 0 saturated carbocycles. The third-order valence-corrected chi connectivity index (χ3v) is 2.76. The van der Waals surface area contributed by atoms with Gasteiger partial charge in [0.2, 0.25) is 5.78 Å². The largest absolute Gasteiger partial charge is 0.285 e. The van der Waals surface area contributed by atoms with Crippen molar-refractivity contribution in [2.45, 2.75) is 0 Å². The Balaban J connectivity index is 2.37. The lowest BCUT2D eigenvalue weighted by Crippen LogP contribution is -2.27. The van der Waals surface area contributed by atoms with Gasteiger partial charge in [-0.25, -0.2) is 4.98 Å². The van der Waals surface area contributed by atoms with Gasteiger partial charge in [0.15, 0.2) is 5.82 Å². The summed E-state index contributed by atoms with van der Waals surface area (Å²) in [7, 11) is 0. The summed E-state index contributed by atoms with van der Waals surface area (Å²) in [6, 6.07) is 3.97. The molecular formula is C11H5N3O4. The van der Waals surface area contributed by atoms with Crippen LogP contribution in [0.1, 0.15) is 26.5 Å². The highest BCUT2D eigenvalue weighted by atomic mass is 16.6. The molecule has 18 heavy (non-hydrogen) atoms. The maximum atomic E-state index is 12.1. The Morgan fingerprint density at radius 3 is 2.78 bits per heavy atom. The lowest BCUT2D eigenvalue weighted by atomic mass is 9.97. The maximum Gasteiger partial charge on any atom is 0.282 e. The molecule has 0 spiro atoms. The van der Waals surface area contributed by atoms with E-state index in [4.69, 9.17) is 0 Å². The van der Waals surface area contributed by atoms with Crippen molar-refractivity contribution in [3.05, 3.63) is 57.7 Å². The molecule has 88 valence electrons. The van der Waals surface area contributed by atoms with Gasteiger partial charge in [0.1, 0.15) is 5.56 Å². The molecule has 1 aliphatic heterocycles. The Kier molecular flexibility index (Phi) is 1.91. The minimum atomic E-state index is -0.675. The Hall–Kier alpha value is -2.83. The predicted molar refractivity (Wildman–Crippen MR) is 58.5 cm³/mol. The molecule has 1 aromatic heterocycles. The summed E-state index contributed by atoms with van der Waals surface area (Å²) in [5.74, 6) is -1.12. The monoisotopic (exact) mass is 243 g/mol. The van der Waals surface area contributed by atoms with Gasteiger partial charge in [0.25, 0.3) is 11.6 Å². The van der Waals surface area contributed by atoms with Crippen LogP contribution in [-0.2, 0) is 0 Å². The van der Waals surface area contributed by atoms with Crippen molar-refractivity contribution >= 4 is 17.4 Å². The number of benzene rings is 1. The van der Waals surface area contributed by atoms with Gasteiger partial charge in [0, 0.05) is 24.0 Å². The molecule has 3 rings (SSSR count). The summed E-state index contributed by atoms with van der Waals surface area (Å²) < 4.78 is 1.03. The number of carbonyl (C=O) groups is 2. The fourth-order valence-electron chi connectivity index (χ4n) is 1.98. The van der Waals surface area contributed by atoms with Gasteiger partial charge in [-0.1, -0.05) is 6.07 Å². The quantitative estimate of drug-likeness (QED) is 0.469. The first-order valence-corrected chi connectivity index (χ1v) is 5.01. The summed E-state index contributed by atoms with van der Waals surface area (Å²) in [6.07, 6.45) is 2.62. The molecule has 0 fully saturated rings. The van der Waals surface area contributed by atoms with Crippen LogP contribution < -0.4 is 0 Å². The van der Waals surface area contributed by atoms with Gasteiger partial charge in [0.05, 0.1) is 4.92 Å². The van der Waals surface area contributed by atoms with E-state index in [2.05, 4.69) is 4.98 Å². The smallest absolute Gasteiger partial charge is 0.282 e. The normalized spacial score (nSPS) is 13.1. The van der Waals surface area contributed by atoms with Crippen LogP contribution in [-0.4, -0.2) is 26.2 Å². The molecule has 7 nitrogen and oxygen atoms in total. The molecule has 0 aliphatic carbocycles. The van der Waals surface area contributed by atoms with E-state index in [1.54, 1.807) is 0 Å². The lowest BCUT2D eigenvalue weighted by Gasteiger charge is -2.14. The van der Waals surface area contributed by atoms with Crippen molar-refractivity contribution in [3.8, 4) is 0 Å². The second-order valence-electron chi connectivity index (χ2n) is 3.71. The molecule has 0 saturated heterocycles. The molecule has 0 radical (unpaired) electrons. The van der Waals surface area contributed by atoms with Crippen molar-refractivity contribution in [1.29, 1.82) is 0 Å². The average Bonchev–Trinajstić information content (AvgIpc) is 2.84. The molecule has 2 aromatic rings. The van der Waals surface area contributed by atoms with Crippen LogP contribution in [0.5, 0.6) is 0 Å². The number of nitro groups is 1. The molecule has 2 heterocycles. The average molecular weight is 243 g/mol. The zero-order chi connectivity index (χ0) is 12.9. The zero-order valence-corrected chi connectivity index (χ0v) is 8.86. The number of nitro benzene ring substituents is 1. The Morgan fingerprint density at radius 1 is 1.28 bits per heavy atom. The van der Waals surface area contributed by atoms with E-state index in [-0.39, 0.29) is 22.6 Å². The van der Waals surface area contributed by atoms with E-state index >= 15 is 0 Å². The molecule has 0 amide bonds. The first kappa shape index (κ1) is 10.3. The van der Waals surface area contributed by atoms with Crippen LogP contribution in [0, 0.1) is 10.1 Å². The van der Waals surface area contributed by atoms with Crippen LogP contribution in [0.2, 0.25) is 0 Å². The predicted octanol–water partition coefficient (Wildman–Crippen LogP) is 1.02. The second kappa shape index (κ2) is 3.33. The van der Waals surface area contributed by atoms with Crippen LogP contribution in [0.3, 0.4) is 0 Å². The van der Waals surface area contributed by atoms with Gasteiger partial charge in [-0.3, -0.25) is 24.3 Å². The minimum Gasteiger partial charge on any atom is -0.285 e. The number of ketones is 1. The standard InChI is InChI=1S/C11H5N3O4/c15-9-6-2-1-3-7(14(17)18)8(6)11(16)13-5-4-12-10(9)13/h1-5H. The Labute approximate surface area is 99.8 Å². The van der Waals surface area contributed by atoms with E-state index in [0.29, 0.717) is 0 Å². The topological polar surface area (TPSA) is 95.1 Å². The minimum absolute atomic E-state index is 0.0204. The number of imidazole rings is 1. The van der Waals surface area contributed by atoms with Crippen LogP contribution >= 0.6 is 0 Å². The third-order valence-electron chi connectivity index (χ3n) is 2.76. The summed E-state index contributed by atoms with van der Waals surface area (Å²) >= 11 is 0. The molecule has 1 aromatic carbocycles. The highest BCUT2D eigenvalue weighted by Gasteiger charge is 2.35. The van der Waals surface area contributed by atoms with E-state index in [1.165, 1.54) is 30.6 Å².